The van der Waals surface area contributed by atoms with Crippen molar-refractivity contribution in [2.45, 2.75) is 31.8 Å². The van der Waals surface area contributed by atoms with Crippen molar-refractivity contribution >= 4 is 11.6 Å². The lowest BCUT2D eigenvalue weighted by Gasteiger charge is -2.29. The monoisotopic (exact) mass is 226 g/mol. The van der Waals surface area contributed by atoms with Crippen LogP contribution >= 0.6 is 11.6 Å². The molecule has 82 valence electrons. The zero-order chi connectivity index (χ0) is 11.0. The molecule has 2 atom stereocenters. The summed E-state index contributed by atoms with van der Waals surface area (Å²) in [6.07, 6.45) is 1.31. The topological polar surface area (TPSA) is 29.5 Å². The maximum Gasteiger partial charge on any atom is 0.122 e. The van der Waals surface area contributed by atoms with Crippen molar-refractivity contribution in [3.05, 3.63) is 28.3 Å². The van der Waals surface area contributed by atoms with Crippen molar-refractivity contribution in [2.75, 3.05) is 7.11 Å². The Hall–Kier alpha value is -0.730. The molecule has 0 heterocycles. The molecule has 2 rings (SSSR count). The Bertz CT molecular complexity index is 376. The largest absolute Gasteiger partial charge is 0.496 e. The maximum atomic E-state index is 9.94. The molecule has 0 aliphatic heterocycles. The van der Waals surface area contributed by atoms with Crippen molar-refractivity contribution in [3.8, 4) is 5.75 Å². The molecule has 0 bridgehead atoms. The Labute approximate surface area is 94.8 Å². The van der Waals surface area contributed by atoms with Gasteiger partial charge in [-0.25, -0.2) is 0 Å². The van der Waals surface area contributed by atoms with Crippen LogP contribution in [0.25, 0.3) is 0 Å². The minimum Gasteiger partial charge on any atom is -0.496 e. The van der Waals surface area contributed by atoms with E-state index in [1.807, 2.05) is 6.07 Å². The zero-order valence-electron chi connectivity index (χ0n) is 8.96. The molecule has 0 saturated heterocycles. The van der Waals surface area contributed by atoms with E-state index in [0.717, 1.165) is 29.7 Å². The molecule has 0 amide bonds. The molecule has 15 heavy (non-hydrogen) atoms. The van der Waals surface area contributed by atoms with Gasteiger partial charge in [-0.05, 0) is 30.9 Å². The molecule has 1 aromatic carbocycles. The van der Waals surface area contributed by atoms with Gasteiger partial charge < -0.3 is 9.84 Å². The number of hydrogen-bond acceptors (Lipinski definition) is 2. The first kappa shape index (κ1) is 10.8. The van der Waals surface area contributed by atoms with Crippen molar-refractivity contribution < 1.29 is 9.84 Å². The molecule has 3 heteroatoms. The molecular formula is C12H15ClO2. The molecule has 1 aliphatic carbocycles. The van der Waals surface area contributed by atoms with Crippen LogP contribution in [0.2, 0.25) is 5.02 Å². The number of aliphatic hydroxyl groups is 1. The first-order valence-electron chi connectivity index (χ1n) is 5.19. The number of rotatable bonds is 1. The van der Waals surface area contributed by atoms with E-state index < -0.39 is 6.10 Å². The molecule has 0 radical (unpaired) electrons. The molecule has 2 unspecified atom stereocenters. The molecule has 2 nitrogen and oxygen atoms in total. The fourth-order valence-electron chi connectivity index (χ4n) is 2.31. The van der Waals surface area contributed by atoms with Crippen LogP contribution < -0.4 is 4.74 Å². The van der Waals surface area contributed by atoms with Gasteiger partial charge >= 0.3 is 0 Å². The normalized spacial score (nSPS) is 24.8. The lowest BCUT2D eigenvalue weighted by atomic mass is 9.81. The van der Waals surface area contributed by atoms with E-state index in [1.54, 1.807) is 13.2 Å². The van der Waals surface area contributed by atoms with Gasteiger partial charge in [-0.2, -0.15) is 0 Å². The van der Waals surface area contributed by atoms with Crippen molar-refractivity contribution in [1.82, 2.24) is 0 Å². The highest BCUT2D eigenvalue weighted by Gasteiger charge is 2.28. The Morgan fingerprint density at radius 3 is 2.73 bits per heavy atom. The molecular weight excluding hydrogens is 212 g/mol. The molecule has 0 spiro atoms. The third-order valence-electron chi connectivity index (χ3n) is 3.11. The van der Waals surface area contributed by atoms with Crippen LogP contribution in [0.5, 0.6) is 5.75 Å². The smallest absolute Gasteiger partial charge is 0.122 e. The fraction of sp³-hybridized carbons (Fsp3) is 0.500. The summed E-state index contributed by atoms with van der Waals surface area (Å²) in [5, 5.41) is 10.6. The third-order valence-corrected chi connectivity index (χ3v) is 3.44. The summed E-state index contributed by atoms with van der Waals surface area (Å²) < 4.78 is 5.32. The second-order valence-corrected chi connectivity index (χ2v) is 4.48. The summed E-state index contributed by atoms with van der Waals surface area (Å²) in [6.45, 7) is 2.14. The first-order valence-corrected chi connectivity index (χ1v) is 5.57. The van der Waals surface area contributed by atoms with Gasteiger partial charge in [0, 0.05) is 16.1 Å². The van der Waals surface area contributed by atoms with E-state index in [9.17, 15) is 5.11 Å². The van der Waals surface area contributed by atoms with Crippen molar-refractivity contribution in [2.24, 2.45) is 0 Å². The van der Waals surface area contributed by atoms with Gasteiger partial charge in [0.2, 0.25) is 0 Å². The standard InChI is InChI=1S/C12H15ClO2/c1-7-3-5-9(14)12-8(13)4-6-10(15-2)11(7)12/h4,6-7,9,14H,3,5H2,1-2H3. The van der Waals surface area contributed by atoms with Crippen LogP contribution in [0.15, 0.2) is 12.1 Å². The van der Waals surface area contributed by atoms with Gasteiger partial charge in [0.05, 0.1) is 13.2 Å². The lowest BCUT2D eigenvalue weighted by Crippen LogP contribution is -2.14. The molecule has 1 aliphatic rings. The molecule has 1 N–H and O–H groups in total. The predicted octanol–water partition coefficient (Wildman–Crippen LogP) is 3.28. The number of ether oxygens (including phenoxy) is 1. The summed E-state index contributed by atoms with van der Waals surface area (Å²) in [5.74, 6) is 1.23. The highest BCUT2D eigenvalue weighted by atomic mass is 35.5. The second kappa shape index (κ2) is 4.03. The predicted molar refractivity (Wildman–Crippen MR) is 60.6 cm³/mol. The Morgan fingerprint density at radius 1 is 1.33 bits per heavy atom. The summed E-state index contributed by atoms with van der Waals surface area (Å²) in [7, 11) is 1.65. The van der Waals surface area contributed by atoms with E-state index in [-0.39, 0.29) is 0 Å². The number of hydrogen-bond donors (Lipinski definition) is 1. The Kier molecular flexibility index (Phi) is 2.89. The molecule has 1 aromatic rings. The SMILES string of the molecule is COc1ccc(Cl)c2c1C(C)CCC2O. The maximum absolute atomic E-state index is 9.94. The van der Waals surface area contributed by atoms with E-state index >= 15 is 0 Å². The van der Waals surface area contributed by atoms with Crippen LogP contribution in [-0.4, -0.2) is 12.2 Å². The molecule has 0 saturated carbocycles. The highest BCUT2D eigenvalue weighted by Crippen LogP contribution is 2.45. The minimum atomic E-state index is -0.446. The van der Waals surface area contributed by atoms with Crippen LogP contribution in [-0.2, 0) is 0 Å². The quantitative estimate of drug-likeness (QED) is 0.797. The third kappa shape index (κ3) is 1.72. The van der Waals surface area contributed by atoms with Gasteiger partial charge in [0.1, 0.15) is 5.75 Å². The number of aliphatic hydroxyl groups excluding tert-OH is 1. The Morgan fingerprint density at radius 2 is 2.07 bits per heavy atom. The van der Waals surface area contributed by atoms with E-state index in [2.05, 4.69) is 6.92 Å². The first-order chi connectivity index (χ1) is 7.15. The van der Waals surface area contributed by atoms with Crippen LogP contribution in [0.4, 0.5) is 0 Å². The average Bonchev–Trinajstić information content (AvgIpc) is 2.23. The lowest BCUT2D eigenvalue weighted by molar-refractivity contribution is 0.150. The van der Waals surface area contributed by atoms with Gasteiger partial charge in [-0.15, -0.1) is 0 Å². The van der Waals surface area contributed by atoms with Gasteiger partial charge in [-0.1, -0.05) is 18.5 Å². The van der Waals surface area contributed by atoms with E-state index in [1.165, 1.54) is 0 Å². The Balaban J connectivity index is 2.63. The van der Waals surface area contributed by atoms with Crippen LogP contribution in [0.3, 0.4) is 0 Å². The van der Waals surface area contributed by atoms with Crippen molar-refractivity contribution in [3.63, 3.8) is 0 Å². The summed E-state index contributed by atoms with van der Waals surface area (Å²) in [6, 6.07) is 3.66. The number of methoxy groups -OCH3 is 1. The van der Waals surface area contributed by atoms with Crippen LogP contribution in [0, 0.1) is 0 Å². The summed E-state index contributed by atoms with van der Waals surface area (Å²) in [4.78, 5) is 0. The van der Waals surface area contributed by atoms with E-state index in [0.29, 0.717) is 10.9 Å². The molecule has 0 aromatic heterocycles. The summed E-state index contributed by atoms with van der Waals surface area (Å²) in [5.41, 5.74) is 1.93. The van der Waals surface area contributed by atoms with Crippen molar-refractivity contribution in [1.29, 1.82) is 0 Å². The molecule has 0 fully saturated rings. The highest BCUT2D eigenvalue weighted by molar-refractivity contribution is 6.31. The van der Waals surface area contributed by atoms with E-state index in [4.69, 9.17) is 16.3 Å². The minimum absolute atomic E-state index is 0.400. The van der Waals surface area contributed by atoms with Crippen LogP contribution in [0.1, 0.15) is 42.9 Å². The number of halogens is 1. The fourth-order valence-corrected chi connectivity index (χ4v) is 2.60. The second-order valence-electron chi connectivity index (χ2n) is 4.07. The van der Waals surface area contributed by atoms with Gasteiger partial charge in [-0.3, -0.25) is 0 Å². The number of benzene rings is 1. The van der Waals surface area contributed by atoms with Gasteiger partial charge in [0.25, 0.3) is 0 Å². The summed E-state index contributed by atoms with van der Waals surface area (Å²) >= 11 is 6.12. The zero-order valence-corrected chi connectivity index (χ0v) is 9.71. The van der Waals surface area contributed by atoms with Gasteiger partial charge in [0.15, 0.2) is 0 Å². The average molecular weight is 227 g/mol. The number of fused-ring (bicyclic) bond motifs is 1.